The number of fused-ring (bicyclic) bond motifs is 1. The predicted octanol–water partition coefficient (Wildman–Crippen LogP) is 2.71. The first kappa shape index (κ1) is 14.6. The standard InChI is InChI=1S/C18H26N2O/c1-21-17-8-7-16-5-2-4-15(18(16)14-17)6-3-11-20-12-9-19-10-13-20/h4,7-8,14,19H,2-3,5-6,9-13H2,1H3. The zero-order valence-electron chi connectivity index (χ0n) is 13.0. The van der Waals surface area contributed by atoms with Gasteiger partial charge in [0, 0.05) is 26.2 Å². The van der Waals surface area contributed by atoms with Crippen LogP contribution in [-0.2, 0) is 6.42 Å². The second kappa shape index (κ2) is 7.10. The summed E-state index contributed by atoms with van der Waals surface area (Å²) in [5, 5.41) is 3.41. The van der Waals surface area contributed by atoms with Gasteiger partial charge >= 0.3 is 0 Å². The Labute approximate surface area is 128 Å². The van der Waals surface area contributed by atoms with E-state index in [9.17, 15) is 0 Å². The van der Waals surface area contributed by atoms with E-state index in [0.717, 1.165) is 18.8 Å². The van der Waals surface area contributed by atoms with E-state index in [1.165, 1.54) is 62.0 Å². The topological polar surface area (TPSA) is 24.5 Å². The van der Waals surface area contributed by atoms with E-state index in [4.69, 9.17) is 4.74 Å². The second-order valence-electron chi connectivity index (χ2n) is 5.99. The number of ether oxygens (including phenoxy) is 1. The number of aryl methyl sites for hydroxylation is 1. The maximum atomic E-state index is 5.39. The third-order valence-electron chi connectivity index (χ3n) is 4.60. The summed E-state index contributed by atoms with van der Waals surface area (Å²) in [7, 11) is 1.75. The van der Waals surface area contributed by atoms with E-state index in [-0.39, 0.29) is 0 Å². The molecular weight excluding hydrogens is 260 g/mol. The Morgan fingerprint density at radius 2 is 2.10 bits per heavy atom. The molecule has 1 aromatic rings. The van der Waals surface area contributed by atoms with Gasteiger partial charge in [0.05, 0.1) is 7.11 Å². The molecule has 0 saturated carbocycles. The largest absolute Gasteiger partial charge is 0.497 e. The van der Waals surface area contributed by atoms with Crippen LogP contribution in [0.15, 0.2) is 24.3 Å². The number of piperazine rings is 1. The van der Waals surface area contributed by atoms with Crippen molar-refractivity contribution in [3.63, 3.8) is 0 Å². The maximum Gasteiger partial charge on any atom is 0.119 e. The molecule has 1 aliphatic carbocycles. The molecule has 0 atom stereocenters. The number of hydrogen-bond donors (Lipinski definition) is 1. The van der Waals surface area contributed by atoms with Crippen LogP contribution in [0.5, 0.6) is 5.75 Å². The quantitative estimate of drug-likeness (QED) is 0.901. The molecule has 21 heavy (non-hydrogen) atoms. The maximum absolute atomic E-state index is 5.39. The van der Waals surface area contributed by atoms with Crippen LogP contribution in [0.2, 0.25) is 0 Å². The fraction of sp³-hybridized carbons (Fsp3) is 0.556. The predicted molar refractivity (Wildman–Crippen MR) is 87.8 cm³/mol. The molecule has 1 heterocycles. The van der Waals surface area contributed by atoms with Crippen LogP contribution >= 0.6 is 0 Å². The van der Waals surface area contributed by atoms with E-state index < -0.39 is 0 Å². The normalized spacial score (nSPS) is 19.0. The van der Waals surface area contributed by atoms with Crippen molar-refractivity contribution in [2.24, 2.45) is 0 Å². The van der Waals surface area contributed by atoms with Gasteiger partial charge in [-0.1, -0.05) is 12.1 Å². The molecule has 0 spiro atoms. The van der Waals surface area contributed by atoms with E-state index in [2.05, 4.69) is 34.5 Å². The van der Waals surface area contributed by atoms with Crippen molar-refractivity contribution in [2.75, 3.05) is 39.8 Å². The molecular formula is C18H26N2O. The molecule has 1 aliphatic heterocycles. The van der Waals surface area contributed by atoms with Gasteiger partial charge in [-0.3, -0.25) is 0 Å². The van der Waals surface area contributed by atoms with Gasteiger partial charge in [0.2, 0.25) is 0 Å². The summed E-state index contributed by atoms with van der Waals surface area (Å²) >= 11 is 0. The van der Waals surface area contributed by atoms with Gasteiger partial charge in [-0.05, 0) is 61.1 Å². The molecule has 1 saturated heterocycles. The molecule has 0 radical (unpaired) electrons. The molecule has 114 valence electrons. The van der Waals surface area contributed by atoms with Gasteiger partial charge in [-0.2, -0.15) is 0 Å². The minimum atomic E-state index is 0.976. The fourth-order valence-corrected chi connectivity index (χ4v) is 3.38. The van der Waals surface area contributed by atoms with Gasteiger partial charge in [-0.15, -0.1) is 0 Å². The molecule has 3 nitrogen and oxygen atoms in total. The Kier molecular flexibility index (Phi) is 4.94. The monoisotopic (exact) mass is 286 g/mol. The van der Waals surface area contributed by atoms with Gasteiger partial charge in [0.1, 0.15) is 5.75 Å². The van der Waals surface area contributed by atoms with Crippen molar-refractivity contribution in [2.45, 2.75) is 25.7 Å². The van der Waals surface area contributed by atoms with E-state index in [1.54, 1.807) is 7.11 Å². The van der Waals surface area contributed by atoms with Gasteiger partial charge < -0.3 is 15.0 Å². The first-order chi connectivity index (χ1) is 10.4. The molecule has 3 rings (SSSR count). The number of nitrogens with one attached hydrogen (secondary N) is 1. The Balaban J connectivity index is 1.59. The fourth-order valence-electron chi connectivity index (χ4n) is 3.38. The van der Waals surface area contributed by atoms with Gasteiger partial charge in [0.25, 0.3) is 0 Å². The molecule has 0 amide bonds. The smallest absolute Gasteiger partial charge is 0.119 e. The van der Waals surface area contributed by atoms with E-state index >= 15 is 0 Å². The lowest BCUT2D eigenvalue weighted by atomic mass is 9.88. The molecule has 2 aliphatic rings. The van der Waals surface area contributed by atoms with Gasteiger partial charge in [-0.25, -0.2) is 0 Å². The van der Waals surface area contributed by atoms with Crippen LogP contribution in [0.3, 0.4) is 0 Å². The number of methoxy groups -OCH3 is 1. The van der Waals surface area contributed by atoms with Crippen molar-refractivity contribution in [1.82, 2.24) is 10.2 Å². The summed E-state index contributed by atoms with van der Waals surface area (Å²) < 4.78 is 5.39. The number of nitrogens with zero attached hydrogens (tertiary/aromatic N) is 1. The van der Waals surface area contributed by atoms with Crippen LogP contribution in [0.4, 0.5) is 0 Å². The highest BCUT2D eigenvalue weighted by atomic mass is 16.5. The second-order valence-corrected chi connectivity index (χ2v) is 5.99. The SMILES string of the molecule is COc1ccc2c(c1)C(CCCN1CCNCC1)=CCC2. The number of hydrogen-bond acceptors (Lipinski definition) is 3. The van der Waals surface area contributed by atoms with Crippen molar-refractivity contribution >= 4 is 5.57 Å². The first-order valence-corrected chi connectivity index (χ1v) is 8.16. The molecule has 1 fully saturated rings. The summed E-state index contributed by atoms with van der Waals surface area (Å²) in [5.41, 5.74) is 4.42. The number of allylic oxidation sites excluding steroid dienone is 2. The summed E-state index contributed by atoms with van der Waals surface area (Å²) in [6.07, 6.45) is 7.22. The molecule has 0 aromatic heterocycles. The zero-order chi connectivity index (χ0) is 14.5. The Morgan fingerprint density at radius 3 is 2.90 bits per heavy atom. The van der Waals surface area contributed by atoms with E-state index in [1.807, 2.05) is 0 Å². The minimum Gasteiger partial charge on any atom is -0.497 e. The van der Waals surface area contributed by atoms with E-state index in [0.29, 0.717) is 0 Å². The van der Waals surface area contributed by atoms with Crippen LogP contribution in [0.1, 0.15) is 30.4 Å². The lowest BCUT2D eigenvalue weighted by Crippen LogP contribution is -2.43. The third kappa shape index (κ3) is 3.66. The number of rotatable bonds is 5. The molecule has 3 heteroatoms. The minimum absolute atomic E-state index is 0.976. The molecule has 1 aromatic carbocycles. The average molecular weight is 286 g/mol. The zero-order valence-corrected chi connectivity index (χ0v) is 13.0. The highest BCUT2D eigenvalue weighted by molar-refractivity contribution is 5.71. The lowest BCUT2D eigenvalue weighted by molar-refractivity contribution is 0.239. The van der Waals surface area contributed by atoms with Gasteiger partial charge in [0.15, 0.2) is 0 Å². The number of benzene rings is 1. The molecule has 0 unspecified atom stereocenters. The van der Waals surface area contributed by atoms with Crippen molar-refractivity contribution in [3.05, 3.63) is 35.4 Å². The van der Waals surface area contributed by atoms with Crippen LogP contribution in [0, 0.1) is 0 Å². The highest BCUT2D eigenvalue weighted by Crippen LogP contribution is 2.32. The Hall–Kier alpha value is -1.32. The summed E-state index contributed by atoms with van der Waals surface area (Å²) in [5.74, 6) is 0.976. The van der Waals surface area contributed by atoms with Crippen LogP contribution in [0.25, 0.3) is 5.57 Å². The third-order valence-corrected chi connectivity index (χ3v) is 4.60. The van der Waals surface area contributed by atoms with Crippen molar-refractivity contribution in [3.8, 4) is 5.75 Å². The molecule has 1 N–H and O–H groups in total. The first-order valence-electron chi connectivity index (χ1n) is 8.16. The lowest BCUT2D eigenvalue weighted by Gasteiger charge is -2.27. The summed E-state index contributed by atoms with van der Waals surface area (Å²) in [6.45, 7) is 5.90. The van der Waals surface area contributed by atoms with Crippen LogP contribution in [-0.4, -0.2) is 44.7 Å². The molecule has 0 bridgehead atoms. The van der Waals surface area contributed by atoms with Crippen molar-refractivity contribution in [1.29, 1.82) is 0 Å². The van der Waals surface area contributed by atoms with Crippen LogP contribution < -0.4 is 10.1 Å². The Bertz CT molecular complexity index is 504. The summed E-state index contributed by atoms with van der Waals surface area (Å²) in [6, 6.07) is 6.53. The highest BCUT2D eigenvalue weighted by Gasteiger charge is 2.14. The average Bonchev–Trinajstić information content (AvgIpc) is 2.55. The van der Waals surface area contributed by atoms with Crippen molar-refractivity contribution < 1.29 is 4.74 Å². The Morgan fingerprint density at radius 1 is 1.24 bits per heavy atom. The summed E-state index contributed by atoms with van der Waals surface area (Å²) in [4.78, 5) is 2.58.